The number of hydrogen-bond acceptors (Lipinski definition) is 1. The van der Waals surface area contributed by atoms with Gasteiger partial charge in [-0.2, -0.15) is 0 Å². The molecule has 0 aliphatic heterocycles. The van der Waals surface area contributed by atoms with Crippen molar-refractivity contribution in [3.8, 4) is 11.3 Å². The molecular formula is C19H14O. The standard InChI is InChI=1S/C19H14O/c1-13-15-9-4-5-12-18(15)20-19(13)17-11-6-8-14-7-2-3-10-16(14)17/h2-12H,1H3. The summed E-state index contributed by atoms with van der Waals surface area (Å²) in [7, 11) is 0. The summed E-state index contributed by atoms with van der Waals surface area (Å²) in [5.41, 5.74) is 3.32. The lowest BCUT2D eigenvalue weighted by atomic mass is 10.00. The van der Waals surface area contributed by atoms with Gasteiger partial charge >= 0.3 is 0 Å². The van der Waals surface area contributed by atoms with Crippen molar-refractivity contribution in [1.82, 2.24) is 0 Å². The van der Waals surface area contributed by atoms with Crippen LogP contribution in [0.1, 0.15) is 5.56 Å². The van der Waals surface area contributed by atoms with Gasteiger partial charge in [0.1, 0.15) is 11.3 Å². The third kappa shape index (κ3) is 1.56. The Labute approximate surface area is 117 Å². The molecule has 0 unspecified atom stereocenters. The maximum Gasteiger partial charge on any atom is 0.138 e. The fourth-order valence-corrected chi connectivity index (χ4v) is 2.85. The maximum atomic E-state index is 6.09. The third-order valence-corrected chi connectivity index (χ3v) is 3.88. The Bertz CT molecular complexity index is 910. The van der Waals surface area contributed by atoms with Crippen LogP contribution in [-0.2, 0) is 0 Å². The van der Waals surface area contributed by atoms with E-state index in [4.69, 9.17) is 4.42 Å². The fourth-order valence-electron chi connectivity index (χ4n) is 2.85. The molecule has 0 saturated heterocycles. The highest BCUT2D eigenvalue weighted by Gasteiger charge is 2.13. The van der Waals surface area contributed by atoms with E-state index in [2.05, 4.69) is 61.5 Å². The highest BCUT2D eigenvalue weighted by Crippen LogP contribution is 2.36. The van der Waals surface area contributed by atoms with Gasteiger partial charge in [0, 0.05) is 16.5 Å². The van der Waals surface area contributed by atoms with E-state index < -0.39 is 0 Å². The van der Waals surface area contributed by atoms with Gasteiger partial charge in [-0.3, -0.25) is 0 Å². The van der Waals surface area contributed by atoms with E-state index in [0.717, 1.165) is 16.9 Å². The topological polar surface area (TPSA) is 13.1 Å². The molecule has 0 aliphatic rings. The van der Waals surface area contributed by atoms with Crippen molar-refractivity contribution >= 4 is 21.7 Å². The van der Waals surface area contributed by atoms with Crippen LogP contribution in [0.5, 0.6) is 0 Å². The van der Waals surface area contributed by atoms with Gasteiger partial charge in [-0.25, -0.2) is 0 Å². The predicted octanol–water partition coefficient (Wildman–Crippen LogP) is 5.56. The molecule has 0 aliphatic carbocycles. The molecule has 0 bridgehead atoms. The molecule has 96 valence electrons. The molecule has 1 nitrogen and oxygen atoms in total. The molecule has 0 N–H and O–H groups in total. The number of aryl methyl sites for hydroxylation is 1. The Morgan fingerprint density at radius 2 is 1.40 bits per heavy atom. The van der Waals surface area contributed by atoms with Crippen molar-refractivity contribution in [2.75, 3.05) is 0 Å². The largest absolute Gasteiger partial charge is 0.456 e. The first-order valence-electron chi connectivity index (χ1n) is 6.81. The lowest BCUT2D eigenvalue weighted by Crippen LogP contribution is -1.81. The monoisotopic (exact) mass is 258 g/mol. The summed E-state index contributed by atoms with van der Waals surface area (Å²) in [6.45, 7) is 2.13. The SMILES string of the molecule is Cc1c(-c2cccc3ccccc23)oc2ccccc12. The van der Waals surface area contributed by atoms with Gasteiger partial charge in [-0.15, -0.1) is 0 Å². The van der Waals surface area contributed by atoms with Crippen LogP contribution in [0.25, 0.3) is 33.1 Å². The molecule has 0 saturated carbocycles. The summed E-state index contributed by atoms with van der Waals surface area (Å²) >= 11 is 0. The average molecular weight is 258 g/mol. The summed E-state index contributed by atoms with van der Waals surface area (Å²) in [5.74, 6) is 0.975. The second kappa shape index (κ2) is 4.24. The molecule has 1 heteroatoms. The first-order valence-corrected chi connectivity index (χ1v) is 6.81. The zero-order chi connectivity index (χ0) is 13.5. The van der Waals surface area contributed by atoms with Crippen LogP contribution < -0.4 is 0 Å². The van der Waals surface area contributed by atoms with Gasteiger partial charge in [0.15, 0.2) is 0 Å². The molecule has 0 spiro atoms. The zero-order valence-corrected chi connectivity index (χ0v) is 11.3. The van der Waals surface area contributed by atoms with E-state index in [1.165, 1.54) is 21.7 Å². The molecule has 1 heterocycles. The van der Waals surface area contributed by atoms with Crippen LogP contribution >= 0.6 is 0 Å². The van der Waals surface area contributed by atoms with Crippen LogP contribution in [0, 0.1) is 6.92 Å². The van der Waals surface area contributed by atoms with Crippen molar-refractivity contribution < 1.29 is 4.42 Å². The summed E-state index contributed by atoms with van der Waals surface area (Å²) < 4.78 is 6.09. The second-order valence-electron chi connectivity index (χ2n) is 5.08. The molecule has 4 rings (SSSR count). The van der Waals surface area contributed by atoms with Gasteiger partial charge in [-0.1, -0.05) is 60.7 Å². The van der Waals surface area contributed by atoms with Crippen molar-refractivity contribution in [1.29, 1.82) is 0 Å². The minimum atomic E-state index is 0.952. The quantitative estimate of drug-likeness (QED) is 0.435. The molecule has 20 heavy (non-hydrogen) atoms. The van der Waals surface area contributed by atoms with Crippen LogP contribution in [-0.4, -0.2) is 0 Å². The zero-order valence-electron chi connectivity index (χ0n) is 11.3. The summed E-state index contributed by atoms with van der Waals surface area (Å²) in [5, 5.41) is 3.66. The smallest absolute Gasteiger partial charge is 0.138 e. The Morgan fingerprint density at radius 3 is 2.25 bits per heavy atom. The van der Waals surface area contributed by atoms with Gasteiger partial charge in [-0.05, 0) is 23.8 Å². The minimum Gasteiger partial charge on any atom is -0.456 e. The second-order valence-corrected chi connectivity index (χ2v) is 5.08. The molecule has 0 fully saturated rings. The molecule has 1 aromatic heterocycles. The van der Waals surface area contributed by atoms with E-state index in [-0.39, 0.29) is 0 Å². The number of hydrogen-bond donors (Lipinski definition) is 0. The Hall–Kier alpha value is -2.54. The van der Waals surface area contributed by atoms with Gasteiger partial charge in [0.05, 0.1) is 0 Å². The van der Waals surface area contributed by atoms with Gasteiger partial charge < -0.3 is 4.42 Å². The average Bonchev–Trinajstić information content (AvgIpc) is 2.84. The van der Waals surface area contributed by atoms with Crippen LogP contribution in [0.15, 0.2) is 71.1 Å². The molecule has 3 aromatic carbocycles. The van der Waals surface area contributed by atoms with Gasteiger partial charge in [0.2, 0.25) is 0 Å². The maximum absolute atomic E-state index is 6.09. The highest BCUT2D eigenvalue weighted by atomic mass is 16.3. The van der Waals surface area contributed by atoms with Crippen molar-refractivity contribution in [3.05, 3.63) is 72.3 Å². The lowest BCUT2D eigenvalue weighted by molar-refractivity contribution is 0.630. The Kier molecular flexibility index (Phi) is 2.40. The molecule has 0 atom stereocenters. The highest BCUT2D eigenvalue weighted by molar-refractivity contribution is 5.99. The van der Waals surface area contributed by atoms with E-state index in [1.54, 1.807) is 0 Å². The van der Waals surface area contributed by atoms with E-state index in [9.17, 15) is 0 Å². The van der Waals surface area contributed by atoms with Gasteiger partial charge in [0.25, 0.3) is 0 Å². The number of fused-ring (bicyclic) bond motifs is 2. The van der Waals surface area contributed by atoms with Crippen molar-refractivity contribution in [2.45, 2.75) is 6.92 Å². The first kappa shape index (κ1) is 11.3. The predicted molar refractivity (Wildman–Crippen MR) is 83.9 cm³/mol. The van der Waals surface area contributed by atoms with Crippen molar-refractivity contribution in [2.24, 2.45) is 0 Å². The summed E-state index contributed by atoms with van der Waals surface area (Å²) in [6, 6.07) is 23.0. The van der Waals surface area contributed by atoms with E-state index in [1.807, 2.05) is 12.1 Å². The Morgan fingerprint density at radius 1 is 0.700 bits per heavy atom. The van der Waals surface area contributed by atoms with E-state index in [0.29, 0.717) is 0 Å². The molecule has 0 radical (unpaired) electrons. The normalized spacial score (nSPS) is 11.2. The minimum absolute atomic E-state index is 0.952. The number of benzene rings is 3. The molecular weight excluding hydrogens is 244 g/mol. The number of furan rings is 1. The third-order valence-electron chi connectivity index (χ3n) is 3.88. The fraction of sp³-hybridized carbons (Fsp3) is 0.0526. The van der Waals surface area contributed by atoms with Crippen LogP contribution in [0.2, 0.25) is 0 Å². The lowest BCUT2D eigenvalue weighted by Gasteiger charge is -2.04. The summed E-state index contributed by atoms with van der Waals surface area (Å²) in [4.78, 5) is 0. The molecule has 0 amide bonds. The van der Waals surface area contributed by atoms with Crippen molar-refractivity contribution in [3.63, 3.8) is 0 Å². The number of rotatable bonds is 1. The molecule has 4 aromatic rings. The Balaban J connectivity index is 2.09. The van der Waals surface area contributed by atoms with E-state index >= 15 is 0 Å². The van der Waals surface area contributed by atoms with Crippen LogP contribution in [0.4, 0.5) is 0 Å². The summed E-state index contributed by atoms with van der Waals surface area (Å²) in [6.07, 6.45) is 0. The first-order chi connectivity index (χ1) is 9.84. The number of para-hydroxylation sites is 1. The van der Waals surface area contributed by atoms with Crippen LogP contribution in [0.3, 0.4) is 0 Å².